The van der Waals surface area contributed by atoms with Gasteiger partial charge in [0.2, 0.25) is 0 Å². The largest absolute Gasteiger partial charge is 0.392 e. The molecule has 1 aromatic carbocycles. The number of halogens is 3. The summed E-state index contributed by atoms with van der Waals surface area (Å²) in [6.45, 7) is 2.57. The second kappa shape index (κ2) is 10.1. The molecule has 4 N–H and O–H groups in total. The van der Waals surface area contributed by atoms with Gasteiger partial charge in [-0.2, -0.15) is 0 Å². The standard InChI is InChI=1S/C25H27F3N4O2/c1-14-11-32(12-21(29)25(14)34)22-6-7-30-10-16(22)2-3-17-4-5-18(26)24(31-17)23-19(27)8-15(13-33)9-20(23)28/h4-10,14,21,25,33-34H,2-3,11-13,29H2,1H3/t14-,21+,25+/m0/s1. The SMILES string of the molecule is C[C@H]1CN(c2ccncc2CCc2ccc(F)c(-c3c(F)cc(CO)cc3F)n2)C[C@@H](N)[C@@H]1O. The highest BCUT2D eigenvalue weighted by molar-refractivity contribution is 5.62. The van der Waals surface area contributed by atoms with Crippen molar-refractivity contribution in [1.29, 1.82) is 0 Å². The summed E-state index contributed by atoms with van der Waals surface area (Å²) in [7, 11) is 0. The molecule has 0 unspecified atom stereocenters. The minimum atomic E-state index is -0.986. The Balaban J connectivity index is 1.58. The zero-order valence-corrected chi connectivity index (χ0v) is 18.8. The summed E-state index contributed by atoms with van der Waals surface area (Å²) in [5, 5.41) is 19.3. The van der Waals surface area contributed by atoms with Crippen LogP contribution in [0.2, 0.25) is 0 Å². The van der Waals surface area contributed by atoms with Gasteiger partial charge in [0, 0.05) is 48.8 Å². The molecule has 6 nitrogen and oxygen atoms in total. The fourth-order valence-electron chi connectivity index (χ4n) is 4.44. The summed E-state index contributed by atoms with van der Waals surface area (Å²) in [4.78, 5) is 10.5. The molecule has 0 spiro atoms. The maximum atomic E-state index is 14.5. The number of benzene rings is 1. The number of nitrogens with zero attached hydrogens (tertiary/aromatic N) is 3. The first-order valence-electron chi connectivity index (χ1n) is 11.1. The third-order valence-corrected chi connectivity index (χ3v) is 6.26. The van der Waals surface area contributed by atoms with Crippen molar-refractivity contribution >= 4 is 5.69 Å². The van der Waals surface area contributed by atoms with Gasteiger partial charge in [-0.05, 0) is 54.3 Å². The van der Waals surface area contributed by atoms with Crippen molar-refractivity contribution in [3.05, 3.63) is 77.0 Å². The molecule has 34 heavy (non-hydrogen) atoms. The van der Waals surface area contributed by atoms with E-state index in [2.05, 4.69) is 14.9 Å². The van der Waals surface area contributed by atoms with E-state index in [0.717, 1.165) is 29.4 Å². The van der Waals surface area contributed by atoms with Crippen molar-refractivity contribution in [2.45, 2.75) is 38.5 Å². The van der Waals surface area contributed by atoms with Gasteiger partial charge in [-0.25, -0.2) is 18.2 Å². The van der Waals surface area contributed by atoms with E-state index in [1.165, 1.54) is 6.07 Å². The summed E-state index contributed by atoms with van der Waals surface area (Å²) in [6, 6.07) is 6.09. The molecule has 9 heteroatoms. The quantitative estimate of drug-likeness (QED) is 0.511. The van der Waals surface area contributed by atoms with Crippen LogP contribution in [-0.4, -0.2) is 45.4 Å². The molecule has 0 bridgehead atoms. The highest BCUT2D eigenvalue weighted by Gasteiger charge is 2.31. The lowest BCUT2D eigenvalue weighted by Gasteiger charge is -2.40. The highest BCUT2D eigenvalue weighted by Crippen LogP contribution is 2.30. The average Bonchev–Trinajstić information content (AvgIpc) is 2.82. The van der Waals surface area contributed by atoms with Crippen LogP contribution >= 0.6 is 0 Å². The number of hydrogen-bond donors (Lipinski definition) is 3. The van der Waals surface area contributed by atoms with Crippen LogP contribution in [0.1, 0.15) is 23.7 Å². The van der Waals surface area contributed by atoms with Crippen molar-refractivity contribution in [2.75, 3.05) is 18.0 Å². The van der Waals surface area contributed by atoms with E-state index in [9.17, 15) is 18.3 Å². The van der Waals surface area contributed by atoms with E-state index < -0.39 is 41.4 Å². The highest BCUT2D eigenvalue weighted by atomic mass is 19.1. The third kappa shape index (κ3) is 4.91. The summed E-state index contributed by atoms with van der Waals surface area (Å²) < 4.78 is 43.5. The molecule has 1 aliphatic rings. The Bertz CT molecular complexity index is 1140. The number of piperidine rings is 1. The minimum Gasteiger partial charge on any atom is -0.392 e. The summed E-state index contributed by atoms with van der Waals surface area (Å²) >= 11 is 0. The van der Waals surface area contributed by atoms with Crippen LogP contribution < -0.4 is 10.6 Å². The first-order chi connectivity index (χ1) is 16.3. The number of anilines is 1. The van der Waals surface area contributed by atoms with Crippen molar-refractivity contribution < 1.29 is 23.4 Å². The van der Waals surface area contributed by atoms with E-state index in [4.69, 9.17) is 10.8 Å². The van der Waals surface area contributed by atoms with Crippen LogP contribution in [0, 0.1) is 23.4 Å². The molecular formula is C25H27F3N4O2. The fourth-order valence-corrected chi connectivity index (χ4v) is 4.44. The van der Waals surface area contributed by atoms with Gasteiger partial charge in [-0.3, -0.25) is 4.98 Å². The maximum absolute atomic E-state index is 14.5. The Morgan fingerprint density at radius 2 is 1.79 bits per heavy atom. The predicted molar refractivity (Wildman–Crippen MR) is 122 cm³/mol. The van der Waals surface area contributed by atoms with E-state index in [1.807, 2.05) is 13.0 Å². The van der Waals surface area contributed by atoms with E-state index in [0.29, 0.717) is 31.6 Å². The van der Waals surface area contributed by atoms with Crippen LogP contribution in [0.5, 0.6) is 0 Å². The van der Waals surface area contributed by atoms with Crippen molar-refractivity contribution in [3.8, 4) is 11.3 Å². The molecule has 3 heterocycles. The summed E-state index contributed by atoms with van der Waals surface area (Å²) in [6.07, 6.45) is 3.78. The van der Waals surface area contributed by atoms with Crippen LogP contribution in [0.4, 0.5) is 18.9 Å². The molecule has 3 atom stereocenters. The van der Waals surface area contributed by atoms with Crippen molar-refractivity contribution in [2.24, 2.45) is 11.7 Å². The fraction of sp³-hybridized carbons (Fsp3) is 0.360. The van der Waals surface area contributed by atoms with E-state index in [-0.39, 0.29) is 17.5 Å². The van der Waals surface area contributed by atoms with E-state index >= 15 is 0 Å². The van der Waals surface area contributed by atoms with Gasteiger partial charge in [0.15, 0.2) is 0 Å². The zero-order valence-electron chi connectivity index (χ0n) is 18.8. The van der Waals surface area contributed by atoms with Crippen LogP contribution in [0.3, 0.4) is 0 Å². The lowest BCUT2D eigenvalue weighted by molar-refractivity contribution is 0.0784. The number of pyridine rings is 2. The first kappa shape index (κ1) is 24.1. The topological polar surface area (TPSA) is 95.5 Å². The smallest absolute Gasteiger partial charge is 0.149 e. The lowest BCUT2D eigenvalue weighted by atomic mass is 9.92. The number of hydrogen-bond acceptors (Lipinski definition) is 6. The Morgan fingerprint density at radius 1 is 1.06 bits per heavy atom. The monoisotopic (exact) mass is 472 g/mol. The number of aliphatic hydroxyl groups is 2. The Hall–Kier alpha value is -3.01. The molecule has 2 aromatic heterocycles. The van der Waals surface area contributed by atoms with Crippen molar-refractivity contribution in [3.63, 3.8) is 0 Å². The molecule has 0 aliphatic carbocycles. The van der Waals surface area contributed by atoms with Crippen LogP contribution in [-0.2, 0) is 19.4 Å². The molecular weight excluding hydrogens is 445 g/mol. The Labute approximate surface area is 195 Å². The van der Waals surface area contributed by atoms with Crippen LogP contribution in [0.25, 0.3) is 11.3 Å². The van der Waals surface area contributed by atoms with Gasteiger partial charge in [0.1, 0.15) is 23.1 Å². The second-order valence-corrected chi connectivity index (χ2v) is 8.77. The van der Waals surface area contributed by atoms with Crippen molar-refractivity contribution in [1.82, 2.24) is 9.97 Å². The molecule has 1 fully saturated rings. The van der Waals surface area contributed by atoms with Gasteiger partial charge in [0.25, 0.3) is 0 Å². The molecule has 180 valence electrons. The van der Waals surface area contributed by atoms with Gasteiger partial charge in [0.05, 0.1) is 18.3 Å². The van der Waals surface area contributed by atoms with Crippen LogP contribution in [0.15, 0.2) is 42.7 Å². The molecule has 0 amide bonds. The molecule has 1 aliphatic heterocycles. The maximum Gasteiger partial charge on any atom is 0.149 e. The first-order valence-corrected chi connectivity index (χ1v) is 11.1. The van der Waals surface area contributed by atoms with Gasteiger partial charge < -0.3 is 20.8 Å². The number of nitrogens with two attached hydrogens (primary N) is 1. The third-order valence-electron chi connectivity index (χ3n) is 6.26. The Kier molecular flexibility index (Phi) is 7.16. The molecule has 0 saturated carbocycles. The Morgan fingerprint density at radius 3 is 2.47 bits per heavy atom. The molecule has 4 rings (SSSR count). The van der Waals surface area contributed by atoms with Gasteiger partial charge in [-0.1, -0.05) is 6.92 Å². The summed E-state index contributed by atoms with van der Waals surface area (Å²) in [5.74, 6) is -2.80. The predicted octanol–water partition coefficient (Wildman–Crippen LogP) is 2.98. The van der Waals surface area contributed by atoms with Gasteiger partial charge in [-0.15, -0.1) is 0 Å². The number of aliphatic hydroxyl groups excluding tert-OH is 2. The minimum absolute atomic E-state index is 0.00750. The zero-order chi connectivity index (χ0) is 24.4. The number of rotatable bonds is 6. The molecule has 1 saturated heterocycles. The van der Waals surface area contributed by atoms with E-state index in [1.54, 1.807) is 12.4 Å². The molecule has 0 radical (unpaired) electrons. The second-order valence-electron chi connectivity index (χ2n) is 8.77. The normalized spacial score (nSPS) is 20.6. The van der Waals surface area contributed by atoms with Gasteiger partial charge >= 0.3 is 0 Å². The summed E-state index contributed by atoms with van der Waals surface area (Å²) in [5.41, 5.74) is 7.54. The average molecular weight is 473 g/mol. The molecule has 3 aromatic rings. The number of aromatic nitrogens is 2. The lowest BCUT2D eigenvalue weighted by Crippen LogP contribution is -2.55. The number of aryl methyl sites for hydroxylation is 2.